The van der Waals surface area contributed by atoms with E-state index in [0.717, 1.165) is 50.2 Å². The van der Waals surface area contributed by atoms with Crippen LogP contribution in [0.25, 0.3) is 0 Å². The van der Waals surface area contributed by atoms with E-state index in [9.17, 15) is 0 Å². The summed E-state index contributed by atoms with van der Waals surface area (Å²) in [5.41, 5.74) is 2.76. The smallest absolute Gasteiger partial charge is 0.183 e. The number of hydrogen-bond acceptors (Lipinski definition) is 5. The first-order valence-corrected chi connectivity index (χ1v) is 12.8. The van der Waals surface area contributed by atoms with Gasteiger partial charge in [-0.05, 0) is 56.7 Å². The number of likely N-dealkylation sites (tertiary alicyclic amines) is 1. The van der Waals surface area contributed by atoms with Crippen molar-refractivity contribution in [2.75, 3.05) is 38.2 Å². The standard InChI is InChI=1S/C25H35N3OS/c1-3-7-21(8-4-1)25(12-14-28(15-13-25)17-20-11-16-29-18-20)23-19-30-24(27-23)26-22-9-5-2-6-10-22/h1,3-4,7-8,19-20,22H,2,5-6,9-18H2,(H,26,27). The van der Waals surface area contributed by atoms with Gasteiger partial charge < -0.3 is 15.0 Å². The van der Waals surface area contributed by atoms with Gasteiger partial charge in [-0.2, -0.15) is 0 Å². The van der Waals surface area contributed by atoms with Gasteiger partial charge in [0.25, 0.3) is 0 Å². The van der Waals surface area contributed by atoms with Gasteiger partial charge in [-0.1, -0.05) is 49.6 Å². The predicted molar refractivity (Wildman–Crippen MR) is 124 cm³/mol. The van der Waals surface area contributed by atoms with Crippen molar-refractivity contribution in [2.24, 2.45) is 5.92 Å². The number of hydrogen-bond donors (Lipinski definition) is 1. The average Bonchev–Trinajstić information content (AvgIpc) is 3.48. The lowest BCUT2D eigenvalue weighted by Crippen LogP contribution is -2.45. The molecule has 1 aliphatic carbocycles. The highest BCUT2D eigenvalue weighted by atomic mass is 32.1. The van der Waals surface area contributed by atoms with E-state index < -0.39 is 0 Å². The van der Waals surface area contributed by atoms with E-state index in [0.29, 0.717) is 6.04 Å². The highest BCUT2D eigenvalue weighted by Gasteiger charge is 2.40. The van der Waals surface area contributed by atoms with Gasteiger partial charge in [0.05, 0.1) is 12.3 Å². The van der Waals surface area contributed by atoms with Gasteiger partial charge in [0, 0.05) is 30.0 Å². The highest BCUT2D eigenvalue weighted by Crippen LogP contribution is 2.43. The Labute approximate surface area is 185 Å². The third-order valence-electron chi connectivity index (χ3n) is 7.50. The third kappa shape index (κ3) is 4.44. The maximum absolute atomic E-state index is 5.60. The Bertz CT molecular complexity index is 788. The summed E-state index contributed by atoms with van der Waals surface area (Å²) in [6, 6.07) is 11.7. The summed E-state index contributed by atoms with van der Waals surface area (Å²) in [6.45, 7) is 5.38. The van der Waals surface area contributed by atoms with Crippen molar-refractivity contribution < 1.29 is 4.74 Å². The molecule has 1 atom stereocenters. The number of piperidine rings is 1. The topological polar surface area (TPSA) is 37.4 Å². The van der Waals surface area contributed by atoms with Crippen molar-refractivity contribution in [3.63, 3.8) is 0 Å². The van der Waals surface area contributed by atoms with E-state index in [2.05, 4.69) is 45.9 Å². The van der Waals surface area contributed by atoms with Gasteiger partial charge in [0.2, 0.25) is 0 Å². The lowest BCUT2D eigenvalue weighted by atomic mass is 9.70. The maximum Gasteiger partial charge on any atom is 0.183 e. The van der Waals surface area contributed by atoms with Gasteiger partial charge in [0.1, 0.15) is 0 Å². The van der Waals surface area contributed by atoms with E-state index in [4.69, 9.17) is 9.72 Å². The van der Waals surface area contributed by atoms with Crippen LogP contribution in [0, 0.1) is 5.92 Å². The molecule has 1 saturated carbocycles. The zero-order chi connectivity index (χ0) is 20.2. The number of ether oxygens (including phenoxy) is 1. The summed E-state index contributed by atoms with van der Waals surface area (Å²) in [7, 11) is 0. The molecule has 2 aromatic rings. The fourth-order valence-corrected chi connectivity index (χ4v) is 6.53. The molecular weight excluding hydrogens is 390 g/mol. The molecule has 5 rings (SSSR count). The van der Waals surface area contributed by atoms with Crippen molar-refractivity contribution >= 4 is 16.5 Å². The molecule has 4 nitrogen and oxygen atoms in total. The van der Waals surface area contributed by atoms with Crippen LogP contribution >= 0.6 is 11.3 Å². The van der Waals surface area contributed by atoms with Crippen LogP contribution in [0.15, 0.2) is 35.7 Å². The van der Waals surface area contributed by atoms with Gasteiger partial charge in [0.15, 0.2) is 5.13 Å². The first-order chi connectivity index (χ1) is 14.8. The summed E-state index contributed by atoms with van der Waals surface area (Å²) in [5.74, 6) is 0.722. The van der Waals surface area contributed by atoms with Crippen molar-refractivity contribution in [3.05, 3.63) is 47.0 Å². The predicted octanol–water partition coefficient (Wildman–Crippen LogP) is 5.31. The monoisotopic (exact) mass is 425 g/mol. The SMILES string of the molecule is c1ccc(C2(c3csc(NC4CCCCC4)n3)CCN(CC3CCOC3)CC2)cc1. The molecule has 1 aromatic heterocycles. The van der Waals surface area contributed by atoms with Gasteiger partial charge in [-0.3, -0.25) is 0 Å². The van der Waals surface area contributed by atoms with Crippen LogP contribution in [0.1, 0.15) is 62.6 Å². The minimum absolute atomic E-state index is 0.0485. The molecule has 0 radical (unpaired) electrons. The Balaban J connectivity index is 1.33. The summed E-state index contributed by atoms with van der Waals surface area (Å²) < 4.78 is 5.60. The van der Waals surface area contributed by atoms with E-state index in [1.165, 1.54) is 56.3 Å². The number of aromatic nitrogens is 1. The zero-order valence-electron chi connectivity index (χ0n) is 18.0. The second-order valence-corrected chi connectivity index (χ2v) is 10.4. The van der Waals surface area contributed by atoms with Crippen molar-refractivity contribution in [3.8, 4) is 0 Å². The second-order valence-electron chi connectivity index (χ2n) is 9.50. The molecule has 3 fully saturated rings. The molecule has 2 saturated heterocycles. The highest BCUT2D eigenvalue weighted by molar-refractivity contribution is 7.13. The quantitative estimate of drug-likeness (QED) is 0.681. The number of benzene rings is 1. The fraction of sp³-hybridized carbons (Fsp3) is 0.640. The minimum Gasteiger partial charge on any atom is -0.381 e. The molecule has 0 amide bonds. The maximum atomic E-state index is 5.60. The molecule has 1 unspecified atom stereocenters. The molecule has 30 heavy (non-hydrogen) atoms. The first kappa shape index (κ1) is 20.5. The lowest BCUT2D eigenvalue weighted by molar-refractivity contribution is 0.137. The fourth-order valence-electron chi connectivity index (χ4n) is 5.64. The summed E-state index contributed by atoms with van der Waals surface area (Å²) in [5, 5.41) is 7.20. The number of nitrogens with zero attached hydrogens (tertiary/aromatic N) is 2. The van der Waals surface area contributed by atoms with Crippen LogP contribution in [-0.4, -0.2) is 48.8 Å². The Hall–Kier alpha value is -1.43. The number of thiazole rings is 1. The van der Waals surface area contributed by atoms with Crippen LogP contribution < -0.4 is 5.32 Å². The normalized spacial score (nSPS) is 25.4. The van der Waals surface area contributed by atoms with E-state index in [1.54, 1.807) is 11.3 Å². The van der Waals surface area contributed by atoms with E-state index in [1.807, 2.05) is 0 Å². The molecule has 0 spiro atoms. The summed E-state index contributed by atoms with van der Waals surface area (Å²) in [6.07, 6.45) is 10.2. The molecule has 3 heterocycles. The van der Waals surface area contributed by atoms with Crippen LogP contribution in [-0.2, 0) is 10.2 Å². The Morgan fingerprint density at radius 1 is 1.07 bits per heavy atom. The largest absolute Gasteiger partial charge is 0.381 e. The van der Waals surface area contributed by atoms with Crippen molar-refractivity contribution in [1.29, 1.82) is 0 Å². The molecule has 3 aliphatic rings. The number of anilines is 1. The van der Waals surface area contributed by atoms with Crippen molar-refractivity contribution in [2.45, 2.75) is 62.8 Å². The van der Waals surface area contributed by atoms with Crippen LogP contribution in [0.4, 0.5) is 5.13 Å². The third-order valence-corrected chi connectivity index (χ3v) is 8.28. The Morgan fingerprint density at radius 3 is 2.60 bits per heavy atom. The van der Waals surface area contributed by atoms with E-state index >= 15 is 0 Å². The molecule has 1 aromatic carbocycles. The zero-order valence-corrected chi connectivity index (χ0v) is 18.8. The molecular formula is C25H35N3OS. The molecule has 0 bridgehead atoms. The second kappa shape index (κ2) is 9.37. The Kier molecular flexibility index (Phi) is 6.40. The minimum atomic E-state index is 0.0485. The van der Waals surface area contributed by atoms with Crippen LogP contribution in [0.5, 0.6) is 0 Å². The molecule has 1 N–H and O–H groups in total. The van der Waals surface area contributed by atoms with Crippen molar-refractivity contribution in [1.82, 2.24) is 9.88 Å². The summed E-state index contributed by atoms with van der Waals surface area (Å²) >= 11 is 1.80. The number of nitrogens with one attached hydrogen (secondary N) is 1. The number of rotatable bonds is 6. The molecule has 162 valence electrons. The first-order valence-electron chi connectivity index (χ1n) is 11.9. The van der Waals surface area contributed by atoms with Gasteiger partial charge in [-0.25, -0.2) is 4.98 Å². The lowest BCUT2D eigenvalue weighted by Gasteiger charge is -2.42. The molecule has 2 aliphatic heterocycles. The average molecular weight is 426 g/mol. The van der Waals surface area contributed by atoms with Gasteiger partial charge in [-0.15, -0.1) is 11.3 Å². The molecule has 5 heteroatoms. The van der Waals surface area contributed by atoms with Gasteiger partial charge >= 0.3 is 0 Å². The van der Waals surface area contributed by atoms with Crippen LogP contribution in [0.3, 0.4) is 0 Å². The van der Waals surface area contributed by atoms with Crippen LogP contribution in [0.2, 0.25) is 0 Å². The Morgan fingerprint density at radius 2 is 1.87 bits per heavy atom. The summed E-state index contributed by atoms with van der Waals surface area (Å²) in [4.78, 5) is 7.83. The van der Waals surface area contributed by atoms with E-state index in [-0.39, 0.29) is 5.41 Å².